The largest absolute Gasteiger partial charge is 0.379 e. The lowest BCUT2D eigenvalue weighted by Crippen LogP contribution is -2.23. The van der Waals surface area contributed by atoms with Gasteiger partial charge in [-0.05, 0) is 26.7 Å². The zero-order valence-corrected chi connectivity index (χ0v) is 11.1. The second-order valence-corrected chi connectivity index (χ2v) is 3.99. The van der Waals surface area contributed by atoms with Gasteiger partial charge in [-0.2, -0.15) is 0 Å². The molecule has 0 aromatic heterocycles. The van der Waals surface area contributed by atoms with Crippen molar-refractivity contribution in [2.45, 2.75) is 52.7 Å². The molecule has 0 aromatic carbocycles. The van der Waals surface area contributed by atoms with Gasteiger partial charge in [0.15, 0.2) is 0 Å². The minimum Gasteiger partial charge on any atom is -0.379 e. The molecule has 3 nitrogen and oxygen atoms in total. The maximum atomic E-state index is 5.60. The number of hydrogen-bond acceptors (Lipinski definition) is 3. The molecule has 2 atom stereocenters. The summed E-state index contributed by atoms with van der Waals surface area (Å²) in [6.45, 7) is 11.9. The summed E-state index contributed by atoms with van der Waals surface area (Å²) in [4.78, 5) is 0. The predicted molar refractivity (Wildman–Crippen MR) is 66.0 cm³/mol. The van der Waals surface area contributed by atoms with E-state index in [9.17, 15) is 0 Å². The molecule has 0 spiro atoms. The van der Waals surface area contributed by atoms with E-state index in [4.69, 9.17) is 14.2 Å². The van der Waals surface area contributed by atoms with E-state index in [0.717, 1.165) is 13.0 Å². The molecule has 96 valence electrons. The van der Waals surface area contributed by atoms with Gasteiger partial charge in [0.25, 0.3) is 0 Å². The Morgan fingerprint density at radius 3 is 2.50 bits per heavy atom. The van der Waals surface area contributed by atoms with Crippen molar-refractivity contribution < 1.29 is 14.2 Å². The third-order valence-electron chi connectivity index (χ3n) is 2.06. The number of rotatable bonds is 11. The summed E-state index contributed by atoms with van der Waals surface area (Å²) < 4.78 is 16.4. The zero-order chi connectivity index (χ0) is 12.2. The molecule has 0 saturated heterocycles. The molecular formula is C13H26O3. The van der Waals surface area contributed by atoms with Crippen molar-refractivity contribution in [2.24, 2.45) is 0 Å². The van der Waals surface area contributed by atoms with Crippen LogP contribution in [0.3, 0.4) is 0 Å². The van der Waals surface area contributed by atoms with E-state index in [2.05, 4.69) is 6.92 Å². The van der Waals surface area contributed by atoms with Crippen molar-refractivity contribution in [3.05, 3.63) is 13.0 Å². The maximum Gasteiger partial charge on any atom is 0.0873 e. The number of hydrogen-bond donors (Lipinski definition) is 0. The Balaban J connectivity index is 3.31. The van der Waals surface area contributed by atoms with Crippen LogP contribution in [0.25, 0.3) is 0 Å². The molecular weight excluding hydrogens is 204 g/mol. The Labute approximate surface area is 100 Å². The van der Waals surface area contributed by atoms with Crippen LogP contribution in [0.2, 0.25) is 0 Å². The normalized spacial score (nSPS) is 15.0. The standard InChI is InChI=1S/C13H26O3/c1-5-7-9-14-10-12(3)16-11-13(4)15-8-6-2/h6,8,12-13H,5,7,9-11H2,1-4H3. The van der Waals surface area contributed by atoms with Gasteiger partial charge < -0.3 is 14.2 Å². The average Bonchev–Trinajstić information content (AvgIpc) is 2.29. The minimum absolute atomic E-state index is 0.0919. The summed E-state index contributed by atoms with van der Waals surface area (Å²) in [7, 11) is 0. The van der Waals surface area contributed by atoms with E-state index in [1.54, 1.807) is 6.61 Å². The third kappa shape index (κ3) is 10.4. The van der Waals surface area contributed by atoms with Gasteiger partial charge in [-0.15, -0.1) is 0 Å². The predicted octanol–water partition coefficient (Wildman–Crippen LogP) is 3.00. The van der Waals surface area contributed by atoms with Crippen LogP contribution < -0.4 is 0 Å². The highest BCUT2D eigenvalue weighted by Gasteiger charge is 2.06. The molecule has 0 aliphatic carbocycles. The molecule has 0 N–H and O–H groups in total. The Kier molecular flexibility index (Phi) is 11.3. The SMILES string of the molecule is C[CH][CH]OC(C)COC(C)COCCCC. The van der Waals surface area contributed by atoms with Crippen molar-refractivity contribution in [3.63, 3.8) is 0 Å². The fraction of sp³-hybridized carbons (Fsp3) is 0.846. The van der Waals surface area contributed by atoms with Crippen LogP contribution in [0.4, 0.5) is 0 Å². The van der Waals surface area contributed by atoms with Crippen LogP contribution in [0.5, 0.6) is 0 Å². The lowest BCUT2D eigenvalue weighted by molar-refractivity contribution is -0.0444. The highest BCUT2D eigenvalue weighted by atomic mass is 16.6. The van der Waals surface area contributed by atoms with Crippen LogP contribution in [0, 0.1) is 13.0 Å². The first kappa shape index (κ1) is 15.9. The molecule has 0 fully saturated rings. The lowest BCUT2D eigenvalue weighted by atomic mass is 10.3. The average molecular weight is 230 g/mol. The second kappa shape index (κ2) is 11.4. The molecule has 0 aliphatic heterocycles. The summed E-state index contributed by atoms with van der Waals surface area (Å²) in [6, 6.07) is 0. The monoisotopic (exact) mass is 230 g/mol. The molecule has 0 aliphatic rings. The Bertz CT molecular complexity index is 139. The molecule has 0 bridgehead atoms. The lowest BCUT2D eigenvalue weighted by Gasteiger charge is -2.17. The van der Waals surface area contributed by atoms with Gasteiger partial charge in [0.1, 0.15) is 0 Å². The first-order valence-electron chi connectivity index (χ1n) is 6.16. The summed E-state index contributed by atoms with van der Waals surface area (Å²) in [5.74, 6) is 0. The quantitative estimate of drug-likeness (QED) is 0.511. The van der Waals surface area contributed by atoms with Gasteiger partial charge in [-0.25, -0.2) is 0 Å². The molecule has 0 amide bonds. The van der Waals surface area contributed by atoms with Crippen molar-refractivity contribution in [2.75, 3.05) is 19.8 Å². The smallest absolute Gasteiger partial charge is 0.0873 e. The van der Waals surface area contributed by atoms with Gasteiger partial charge >= 0.3 is 0 Å². The van der Waals surface area contributed by atoms with Crippen molar-refractivity contribution in [1.29, 1.82) is 0 Å². The Morgan fingerprint density at radius 1 is 1.12 bits per heavy atom. The molecule has 0 aromatic rings. The fourth-order valence-corrected chi connectivity index (χ4v) is 1.10. The van der Waals surface area contributed by atoms with Crippen molar-refractivity contribution >= 4 is 0 Å². The third-order valence-corrected chi connectivity index (χ3v) is 2.06. The molecule has 0 rings (SSSR count). The summed E-state index contributed by atoms with van der Waals surface area (Å²) >= 11 is 0. The topological polar surface area (TPSA) is 27.7 Å². The fourth-order valence-electron chi connectivity index (χ4n) is 1.10. The van der Waals surface area contributed by atoms with Gasteiger partial charge in [-0.1, -0.05) is 20.3 Å². The van der Waals surface area contributed by atoms with Gasteiger partial charge in [0, 0.05) is 6.61 Å². The van der Waals surface area contributed by atoms with Crippen molar-refractivity contribution in [3.8, 4) is 0 Å². The van der Waals surface area contributed by atoms with Crippen LogP contribution in [0.15, 0.2) is 0 Å². The first-order valence-corrected chi connectivity index (χ1v) is 6.16. The summed E-state index contributed by atoms with van der Waals surface area (Å²) in [5, 5.41) is 0. The number of ether oxygens (including phenoxy) is 3. The molecule has 3 heteroatoms. The summed E-state index contributed by atoms with van der Waals surface area (Å²) in [6.07, 6.45) is 4.38. The van der Waals surface area contributed by atoms with Crippen LogP contribution >= 0.6 is 0 Å². The number of unbranched alkanes of at least 4 members (excludes halogenated alkanes) is 1. The van der Waals surface area contributed by atoms with Crippen LogP contribution in [0.1, 0.15) is 40.5 Å². The Morgan fingerprint density at radius 2 is 1.88 bits per heavy atom. The first-order chi connectivity index (χ1) is 7.70. The summed E-state index contributed by atoms with van der Waals surface area (Å²) in [5.41, 5.74) is 0. The Hall–Kier alpha value is -0.120. The maximum absolute atomic E-state index is 5.60. The minimum atomic E-state index is 0.0919. The van der Waals surface area contributed by atoms with Gasteiger partial charge in [0.2, 0.25) is 0 Å². The zero-order valence-electron chi connectivity index (χ0n) is 11.1. The molecule has 2 radical (unpaired) electrons. The van der Waals surface area contributed by atoms with E-state index in [0.29, 0.717) is 13.2 Å². The van der Waals surface area contributed by atoms with Crippen LogP contribution in [-0.4, -0.2) is 32.0 Å². The molecule has 16 heavy (non-hydrogen) atoms. The van der Waals surface area contributed by atoms with Crippen molar-refractivity contribution in [1.82, 2.24) is 0 Å². The van der Waals surface area contributed by atoms with E-state index in [1.807, 2.05) is 27.2 Å². The van der Waals surface area contributed by atoms with E-state index in [-0.39, 0.29) is 12.2 Å². The van der Waals surface area contributed by atoms with Gasteiger partial charge in [0.05, 0.1) is 32.0 Å². The van der Waals surface area contributed by atoms with E-state index < -0.39 is 0 Å². The molecule has 0 heterocycles. The van der Waals surface area contributed by atoms with E-state index >= 15 is 0 Å². The second-order valence-electron chi connectivity index (χ2n) is 3.99. The highest BCUT2D eigenvalue weighted by Crippen LogP contribution is 2.00. The molecule has 0 saturated carbocycles. The van der Waals surface area contributed by atoms with E-state index in [1.165, 1.54) is 6.42 Å². The van der Waals surface area contributed by atoms with Gasteiger partial charge in [-0.3, -0.25) is 0 Å². The highest BCUT2D eigenvalue weighted by molar-refractivity contribution is 4.69. The molecule has 2 unspecified atom stereocenters. The van der Waals surface area contributed by atoms with Crippen LogP contribution in [-0.2, 0) is 14.2 Å².